The van der Waals surface area contributed by atoms with Gasteiger partial charge in [0.05, 0.1) is 12.8 Å². The lowest BCUT2D eigenvalue weighted by Crippen LogP contribution is -2.31. The average molecular weight is 181 g/mol. The normalized spacial score (nSPS) is 15.6. The molecule has 0 aliphatic rings. The molecule has 0 aliphatic heterocycles. The first-order valence-corrected chi connectivity index (χ1v) is 4.99. The summed E-state index contributed by atoms with van der Waals surface area (Å²) in [7, 11) is 0. The monoisotopic (exact) mass is 181 g/mol. The molecule has 0 radical (unpaired) electrons. The number of hydrogen-bond acceptors (Lipinski definition) is 2. The van der Waals surface area contributed by atoms with Crippen LogP contribution in [-0.2, 0) is 6.54 Å². The minimum atomic E-state index is 0.551. The molecule has 0 spiro atoms. The molecule has 0 aliphatic carbocycles. The van der Waals surface area contributed by atoms with Crippen LogP contribution in [0.25, 0.3) is 0 Å². The molecule has 2 nitrogen and oxygen atoms in total. The second kappa shape index (κ2) is 5.07. The molecule has 0 saturated heterocycles. The van der Waals surface area contributed by atoms with Gasteiger partial charge in [-0.2, -0.15) is 0 Å². The Labute approximate surface area is 80.3 Å². The van der Waals surface area contributed by atoms with Crippen LogP contribution in [0.15, 0.2) is 22.8 Å². The second-order valence-corrected chi connectivity index (χ2v) is 3.63. The third-order valence-corrected chi connectivity index (χ3v) is 2.68. The summed E-state index contributed by atoms with van der Waals surface area (Å²) in [6.45, 7) is 7.53. The van der Waals surface area contributed by atoms with Gasteiger partial charge in [0.2, 0.25) is 0 Å². The third-order valence-electron chi connectivity index (χ3n) is 2.68. The Morgan fingerprint density at radius 2 is 2.23 bits per heavy atom. The van der Waals surface area contributed by atoms with Gasteiger partial charge < -0.3 is 9.73 Å². The number of rotatable bonds is 5. The fourth-order valence-corrected chi connectivity index (χ4v) is 1.23. The minimum Gasteiger partial charge on any atom is -0.468 e. The molecule has 74 valence electrons. The number of nitrogens with one attached hydrogen (secondary N) is 1. The SMILES string of the molecule is CC[C@H](C)[C@H](C)NCc1ccco1. The van der Waals surface area contributed by atoms with Gasteiger partial charge in [-0.25, -0.2) is 0 Å². The largest absolute Gasteiger partial charge is 0.468 e. The first-order valence-electron chi connectivity index (χ1n) is 4.99. The maximum atomic E-state index is 5.23. The van der Waals surface area contributed by atoms with Crippen molar-refractivity contribution in [3.63, 3.8) is 0 Å². The van der Waals surface area contributed by atoms with Gasteiger partial charge in [0, 0.05) is 6.04 Å². The highest BCUT2D eigenvalue weighted by Crippen LogP contribution is 2.08. The Balaban J connectivity index is 2.26. The van der Waals surface area contributed by atoms with Crippen molar-refractivity contribution in [3.8, 4) is 0 Å². The summed E-state index contributed by atoms with van der Waals surface area (Å²) in [5.74, 6) is 1.73. The molecule has 1 aromatic heterocycles. The summed E-state index contributed by atoms with van der Waals surface area (Å²) in [5.41, 5.74) is 0. The van der Waals surface area contributed by atoms with Crippen LogP contribution >= 0.6 is 0 Å². The Kier molecular flexibility index (Phi) is 4.03. The molecule has 2 atom stereocenters. The van der Waals surface area contributed by atoms with Crippen LogP contribution in [0.4, 0.5) is 0 Å². The predicted octanol–water partition coefficient (Wildman–Crippen LogP) is 2.80. The van der Waals surface area contributed by atoms with E-state index in [0.29, 0.717) is 6.04 Å². The lowest BCUT2D eigenvalue weighted by Gasteiger charge is -2.18. The van der Waals surface area contributed by atoms with E-state index >= 15 is 0 Å². The minimum absolute atomic E-state index is 0.551. The van der Waals surface area contributed by atoms with E-state index in [1.165, 1.54) is 6.42 Å². The van der Waals surface area contributed by atoms with Gasteiger partial charge in [0.25, 0.3) is 0 Å². The third kappa shape index (κ3) is 3.23. The van der Waals surface area contributed by atoms with Crippen molar-refractivity contribution in [2.75, 3.05) is 0 Å². The Bertz CT molecular complexity index is 218. The van der Waals surface area contributed by atoms with E-state index in [1.807, 2.05) is 12.1 Å². The second-order valence-electron chi connectivity index (χ2n) is 3.63. The van der Waals surface area contributed by atoms with Crippen LogP contribution in [0.5, 0.6) is 0 Å². The maximum Gasteiger partial charge on any atom is 0.117 e. The molecule has 1 heterocycles. The van der Waals surface area contributed by atoms with E-state index < -0.39 is 0 Å². The highest BCUT2D eigenvalue weighted by Gasteiger charge is 2.09. The molecule has 0 fully saturated rings. The van der Waals surface area contributed by atoms with Crippen LogP contribution in [0.1, 0.15) is 33.0 Å². The van der Waals surface area contributed by atoms with Gasteiger partial charge in [0.1, 0.15) is 5.76 Å². The molecule has 1 aromatic rings. The summed E-state index contributed by atoms with van der Waals surface area (Å²) in [5, 5.41) is 3.44. The first kappa shape index (κ1) is 10.3. The average Bonchev–Trinajstić information content (AvgIpc) is 2.65. The highest BCUT2D eigenvalue weighted by atomic mass is 16.3. The molecular weight excluding hydrogens is 162 g/mol. The van der Waals surface area contributed by atoms with Crippen LogP contribution in [-0.4, -0.2) is 6.04 Å². The van der Waals surface area contributed by atoms with Gasteiger partial charge in [-0.15, -0.1) is 0 Å². The van der Waals surface area contributed by atoms with Crippen molar-refractivity contribution in [2.24, 2.45) is 5.92 Å². The molecule has 13 heavy (non-hydrogen) atoms. The van der Waals surface area contributed by atoms with Gasteiger partial charge in [-0.3, -0.25) is 0 Å². The topological polar surface area (TPSA) is 25.2 Å². The van der Waals surface area contributed by atoms with Gasteiger partial charge in [-0.1, -0.05) is 20.3 Å². The Morgan fingerprint density at radius 1 is 1.46 bits per heavy atom. The fourth-order valence-electron chi connectivity index (χ4n) is 1.23. The molecule has 1 rings (SSSR count). The molecule has 1 N–H and O–H groups in total. The first-order chi connectivity index (χ1) is 6.24. The summed E-state index contributed by atoms with van der Waals surface area (Å²) in [4.78, 5) is 0. The Hall–Kier alpha value is -0.760. The lowest BCUT2D eigenvalue weighted by molar-refractivity contribution is 0.370. The van der Waals surface area contributed by atoms with E-state index in [-0.39, 0.29) is 0 Å². The highest BCUT2D eigenvalue weighted by molar-refractivity contribution is 4.97. The molecule has 0 amide bonds. The lowest BCUT2D eigenvalue weighted by atomic mass is 10.0. The molecular formula is C11H19NO. The predicted molar refractivity (Wildman–Crippen MR) is 54.5 cm³/mol. The summed E-state index contributed by atoms with van der Waals surface area (Å²) >= 11 is 0. The van der Waals surface area contributed by atoms with Crippen molar-refractivity contribution >= 4 is 0 Å². The molecule has 0 bridgehead atoms. The zero-order chi connectivity index (χ0) is 9.68. The maximum absolute atomic E-state index is 5.23. The van der Waals surface area contributed by atoms with Crippen molar-refractivity contribution in [1.29, 1.82) is 0 Å². The molecule has 0 unspecified atom stereocenters. The van der Waals surface area contributed by atoms with Gasteiger partial charge >= 0.3 is 0 Å². The van der Waals surface area contributed by atoms with Crippen molar-refractivity contribution in [3.05, 3.63) is 24.2 Å². The van der Waals surface area contributed by atoms with E-state index in [0.717, 1.165) is 18.2 Å². The van der Waals surface area contributed by atoms with E-state index in [4.69, 9.17) is 4.42 Å². The van der Waals surface area contributed by atoms with Crippen LogP contribution in [0.2, 0.25) is 0 Å². The Morgan fingerprint density at radius 3 is 2.77 bits per heavy atom. The summed E-state index contributed by atoms with van der Waals surface area (Å²) in [6.07, 6.45) is 2.93. The summed E-state index contributed by atoms with van der Waals surface area (Å²) < 4.78 is 5.23. The van der Waals surface area contributed by atoms with E-state index in [9.17, 15) is 0 Å². The zero-order valence-corrected chi connectivity index (χ0v) is 8.71. The van der Waals surface area contributed by atoms with E-state index in [1.54, 1.807) is 6.26 Å². The van der Waals surface area contributed by atoms with Crippen molar-refractivity contribution < 1.29 is 4.42 Å². The summed E-state index contributed by atoms with van der Waals surface area (Å²) in [6, 6.07) is 4.47. The number of furan rings is 1. The van der Waals surface area contributed by atoms with Crippen LogP contribution < -0.4 is 5.32 Å². The standard InChI is InChI=1S/C11H19NO/c1-4-9(2)10(3)12-8-11-6-5-7-13-11/h5-7,9-10,12H,4,8H2,1-3H3/t9-,10-/m0/s1. The van der Waals surface area contributed by atoms with Crippen molar-refractivity contribution in [2.45, 2.75) is 39.8 Å². The van der Waals surface area contributed by atoms with Crippen LogP contribution in [0, 0.1) is 5.92 Å². The quantitative estimate of drug-likeness (QED) is 0.755. The van der Waals surface area contributed by atoms with Crippen molar-refractivity contribution in [1.82, 2.24) is 5.32 Å². The molecule has 2 heteroatoms. The molecule has 0 saturated carbocycles. The van der Waals surface area contributed by atoms with Crippen LogP contribution in [0.3, 0.4) is 0 Å². The fraction of sp³-hybridized carbons (Fsp3) is 0.636. The van der Waals surface area contributed by atoms with Gasteiger partial charge in [-0.05, 0) is 25.0 Å². The smallest absolute Gasteiger partial charge is 0.117 e. The zero-order valence-electron chi connectivity index (χ0n) is 8.71. The number of hydrogen-bond donors (Lipinski definition) is 1. The molecule has 0 aromatic carbocycles. The van der Waals surface area contributed by atoms with E-state index in [2.05, 4.69) is 26.1 Å². The van der Waals surface area contributed by atoms with Gasteiger partial charge in [0.15, 0.2) is 0 Å².